The minimum atomic E-state index is -0.442. The number of nitrogens with zero attached hydrogens (tertiary/aromatic N) is 1. The number of amides is 2. The van der Waals surface area contributed by atoms with Crippen molar-refractivity contribution >= 4 is 11.8 Å². The number of aryl methyl sites for hydroxylation is 1. The van der Waals surface area contributed by atoms with E-state index in [4.69, 9.17) is 0 Å². The Hall–Kier alpha value is -1.91. The molecule has 0 radical (unpaired) electrons. The minimum Gasteiger partial charge on any atom is -0.354 e. The fourth-order valence-corrected chi connectivity index (χ4v) is 1.98. The molecule has 1 aromatic heterocycles. The first-order chi connectivity index (χ1) is 8.66. The molecule has 1 aliphatic rings. The Bertz CT molecular complexity index is 459. The van der Waals surface area contributed by atoms with Crippen LogP contribution in [0.3, 0.4) is 0 Å². The van der Waals surface area contributed by atoms with E-state index >= 15 is 0 Å². The van der Waals surface area contributed by atoms with Gasteiger partial charge in [0.2, 0.25) is 5.91 Å². The second-order valence-corrected chi connectivity index (χ2v) is 4.48. The summed E-state index contributed by atoms with van der Waals surface area (Å²) in [4.78, 5) is 27.8. The first-order valence-corrected chi connectivity index (χ1v) is 6.19. The van der Waals surface area contributed by atoms with E-state index < -0.39 is 6.04 Å². The van der Waals surface area contributed by atoms with E-state index in [0.29, 0.717) is 18.7 Å². The maximum absolute atomic E-state index is 12.0. The largest absolute Gasteiger partial charge is 0.354 e. The number of pyridine rings is 1. The van der Waals surface area contributed by atoms with Crippen LogP contribution in [0.2, 0.25) is 0 Å². The molecule has 0 spiro atoms. The molecule has 0 aromatic carbocycles. The highest BCUT2D eigenvalue weighted by atomic mass is 16.2. The zero-order chi connectivity index (χ0) is 13.0. The number of carbonyl (C=O) groups excluding carboxylic acids is 2. The summed E-state index contributed by atoms with van der Waals surface area (Å²) in [6.07, 6.45) is 2.58. The molecule has 2 amide bonds. The maximum atomic E-state index is 12.0. The lowest BCUT2D eigenvalue weighted by atomic mass is 10.1. The summed E-state index contributed by atoms with van der Waals surface area (Å²) in [6, 6.07) is 4.82. The van der Waals surface area contributed by atoms with E-state index in [9.17, 15) is 9.59 Å². The molecule has 1 atom stereocenters. The molecule has 5 heteroatoms. The van der Waals surface area contributed by atoms with Crippen molar-refractivity contribution in [2.24, 2.45) is 0 Å². The summed E-state index contributed by atoms with van der Waals surface area (Å²) in [5.41, 5.74) is 1.14. The zero-order valence-corrected chi connectivity index (χ0v) is 10.4. The molecule has 18 heavy (non-hydrogen) atoms. The average Bonchev–Trinajstić information content (AvgIpc) is 2.55. The number of aromatic nitrogens is 1. The first kappa shape index (κ1) is 12.5. The number of hydrogen-bond donors (Lipinski definition) is 2. The smallest absolute Gasteiger partial charge is 0.270 e. The van der Waals surface area contributed by atoms with Gasteiger partial charge in [-0.15, -0.1) is 0 Å². The van der Waals surface area contributed by atoms with Gasteiger partial charge in [0.15, 0.2) is 0 Å². The molecule has 0 unspecified atom stereocenters. The van der Waals surface area contributed by atoms with Gasteiger partial charge in [0.05, 0.1) is 0 Å². The third kappa shape index (κ3) is 3.06. The van der Waals surface area contributed by atoms with Gasteiger partial charge >= 0.3 is 0 Å². The quantitative estimate of drug-likeness (QED) is 0.811. The van der Waals surface area contributed by atoms with E-state index in [1.54, 1.807) is 12.1 Å². The maximum Gasteiger partial charge on any atom is 0.270 e. The van der Waals surface area contributed by atoms with E-state index in [0.717, 1.165) is 18.5 Å². The van der Waals surface area contributed by atoms with Gasteiger partial charge in [-0.2, -0.15) is 0 Å². The SMILES string of the molecule is Cc1cccc(C(=O)N[C@@H]2CCCCNC2=O)n1. The fraction of sp³-hybridized carbons (Fsp3) is 0.462. The Labute approximate surface area is 106 Å². The van der Waals surface area contributed by atoms with Crippen LogP contribution < -0.4 is 10.6 Å². The highest BCUT2D eigenvalue weighted by molar-refractivity contribution is 5.96. The summed E-state index contributed by atoms with van der Waals surface area (Å²) in [5.74, 6) is -0.394. The Kier molecular flexibility index (Phi) is 3.92. The predicted octanol–water partition coefficient (Wildman–Crippen LogP) is 0.789. The van der Waals surface area contributed by atoms with Crippen LogP contribution >= 0.6 is 0 Å². The van der Waals surface area contributed by atoms with E-state index in [1.807, 2.05) is 13.0 Å². The van der Waals surface area contributed by atoms with Gasteiger partial charge in [-0.1, -0.05) is 6.07 Å². The lowest BCUT2D eigenvalue weighted by Crippen LogP contribution is -2.45. The predicted molar refractivity (Wildman–Crippen MR) is 67.1 cm³/mol. The van der Waals surface area contributed by atoms with Gasteiger partial charge in [-0.3, -0.25) is 9.59 Å². The summed E-state index contributed by atoms with van der Waals surface area (Å²) in [7, 11) is 0. The van der Waals surface area contributed by atoms with Crippen molar-refractivity contribution in [3.63, 3.8) is 0 Å². The monoisotopic (exact) mass is 247 g/mol. The third-order valence-corrected chi connectivity index (χ3v) is 2.96. The van der Waals surface area contributed by atoms with Crippen LogP contribution in [0.5, 0.6) is 0 Å². The van der Waals surface area contributed by atoms with Crippen LogP contribution in [0.4, 0.5) is 0 Å². The topological polar surface area (TPSA) is 71.1 Å². The molecule has 1 fully saturated rings. The second kappa shape index (κ2) is 5.62. The molecule has 0 aliphatic carbocycles. The molecule has 1 aliphatic heterocycles. The van der Waals surface area contributed by atoms with Crippen molar-refractivity contribution in [1.82, 2.24) is 15.6 Å². The number of hydrogen-bond acceptors (Lipinski definition) is 3. The van der Waals surface area contributed by atoms with Crippen molar-refractivity contribution in [1.29, 1.82) is 0 Å². The van der Waals surface area contributed by atoms with Crippen LogP contribution in [-0.2, 0) is 4.79 Å². The molecule has 5 nitrogen and oxygen atoms in total. The summed E-state index contributed by atoms with van der Waals surface area (Å²) in [6.45, 7) is 2.52. The number of nitrogens with one attached hydrogen (secondary N) is 2. The van der Waals surface area contributed by atoms with Crippen molar-refractivity contribution in [3.8, 4) is 0 Å². The Balaban J connectivity index is 2.04. The van der Waals surface area contributed by atoms with E-state index in [-0.39, 0.29) is 11.8 Å². The van der Waals surface area contributed by atoms with Gasteiger partial charge in [-0.25, -0.2) is 4.98 Å². The lowest BCUT2D eigenvalue weighted by molar-refractivity contribution is -0.122. The molecule has 2 rings (SSSR count). The van der Waals surface area contributed by atoms with Crippen LogP contribution in [-0.4, -0.2) is 29.4 Å². The van der Waals surface area contributed by atoms with Gasteiger partial charge in [0.25, 0.3) is 5.91 Å². The Morgan fingerprint density at radius 1 is 1.44 bits per heavy atom. The van der Waals surface area contributed by atoms with E-state index in [1.165, 1.54) is 0 Å². The minimum absolute atomic E-state index is 0.103. The summed E-state index contributed by atoms with van der Waals surface area (Å²) >= 11 is 0. The Morgan fingerprint density at radius 2 is 2.28 bits per heavy atom. The van der Waals surface area contributed by atoms with Gasteiger partial charge in [0, 0.05) is 12.2 Å². The highest BCUT2D eigenvalue weighted by Crippen LogP contribution is 2.06. The van der Waals surface area contributed by atoms with Gasteiger partial charge in [-0.05, 0) is 38.3 Å². The second-order valence-electron chi connectivity index (χ2n) is 4.48. The van der Waals surface area contributed by atoms with Crippen molar-refractivity contribution in [2.45, 2.75) is 32.2 Å². The normalized spacial score (nSPS) is 19.8. The number of carbonyl (C=O) groups is 2. The molecule has 96 valence electrons. The highest BCUT2D eigenvalue weighted by Gasteiger charge is 2.23. The van der Waals surface area contributed by atoms with Crippen LogP contribution in [0.15, 0.2) is 18.2 Å². The standard InChI is InChI=1S/C13H17N3O2/c1-9-5-4-7-11(15-9)13(18)16-10-6-2-3-8-14-12(10)17/h4-5,7,10H,2-3,6,8H2,1H3,(H,14,17)(H,16,18)/t10-/m1/s1. The van der Waals surface area contributed by atoms with Crippen molar-refractivity contribution in [3.05, 3.63) is 29.6 Å². The van der Waals surface area contributed by atoms with Crippen LogP contribution in [0, 0.1) is 6.92 Å². The summed E-state index contributed by atoms with van der Waals surface area (Å²) in [5, 5.41) is 5.53. The van der Waals surface area contributed by atoms with Gasteiger partial charge in [0.1, 0.15) is 11.7 Å². The van der Waals surface area contributed by atoms with E-state index in [2.05, 4.69) is 15.6 Å². The Morgan fingerprint density at radius 3 is 3.06 bits per heavy atom. The zero-order valence-electron chi connectivity index (χ0n) is 10.4. The lowest BCUT2D eigenvalue weighted by Gasteiger charge is -2.14. The molecular formula is C13H17N3O2. The molecule has 0 saturated carbocycles. The van der Waals surface area contributed by atoms with Crippen LogP contribution in [0.25, 0.3) is 0 Å². The number of rotatable bonds is 2. The summed E-state index contributed by atoms with van der Waals surface area (Å²) < 4.78 is 0. The fourth-order valence-electron chi connectivity index (χ4n) is 1.98. The van der Waals surface area contributed by atoms with Gasteiger partial charge < -0.3 is 10.6 Å². The molecule has 2 N–H and O–H groups in total. The van der Waals surface area contributed by atoms with Crippen molar-refractivity contribution in [2.75, 3.05) is 6.54 Å². The molecule has 2 heterocycles. The molecule has 1 aromatic rings. The first-order valence-electron chi connectivity index (χ1n) is 6.19. The van der Waals surface area contributed by atoms with Crippen molar-refractivity contribution < 1.29 is 9.59 Å². The third-order valence-electron chi connectivity index (χ3n) is 2.96. The molecule has 0 bridgehead atoms. The van der Waals surface area contributed by atoms with Crippen LogP contribution in [0.1, 0.15) is 35.4 Å². The molecular weight excluding hydrogens is 230 g/mol. The molecule has 1 saturated heterocycles. The average molecular weight is 247 g/mol.